The van der Waals surface area contributed by atoms with E-state index in [9.17, 15) is 10.1 Å². The second-order valence-electron chi connectivity index (χ2n) is 4.53. The van der Waals surface area contributed by atoms with E-state index >= 15 is 0 Å². The number of benzene rings is 1. The van der Waals surface area contributed by atoms with Crippen molar-refractivity contribution in [3.8, 4) is 6.07 Å². The van der Waals surface area contributed by atoms with Crippen molar-refractivity contribution in [1.82, 2.24) is 4.98 Å². The van der Waals surface area contributed by atoms with Crippen molar-refractivity contribution in [1.29, 1.82) is 5.26 Å². The van der Waals surface area contributed by atoms with Gasteiger partial charge in [-0.2, -0.15) is 5.26 Å². The molecule has 3 heteroatoms. The van der Waals surface area contributed by atoms with E-state index in [0.717, 1.165) is 11.1 Å². The number of rotatable bonds is 3. The van der Waals surface area contributed by atoms with Crippen molar-refractivity contribution >= 4 is 5.78 Å². The van der Waals surface area contributed by atoms with Crippen molar-refractivity contribution < 1.29 is 4.79 Å². The van der Waals surface area contributed by atoms with Crippen LogP contribution in [0.4, 0.5) is 0 Å². The molecule has 0 N–H and O–H groups in total. The Morgan fingerprint density at radius 3 is 2.47 bits per heavy atom. The third-order valence-electron chi connectivity index (χ3n) is 3.08. The highest BCUT2D eigenvalue weighted by Crippen LogP contribution is 2.22. The Morgan fingerprint density at radius 1 is 1.21 bits per heavy atom. The van der Waals surface area contributed by atoms with Crippen LogP contribution in [-0.2, 0) is 0 Å². The lowest BCUT2D eigenvalue weighted by Gasteiger charge is -2.11. The first-order valence-corrected chi connectivity index (χ1v) is 6.04. The summed E-state index contributed by atoms with van der Waals surface area (Å²) >= 11 is 0. The van der Waals surface area contributed by atoms with E-state index in [4.69, 9.17) is 0 Å². The van der Waals surface area contributed by atoms with Gasteiger partial charge in [-0.05, 0) is 37.1 Å². The highest BCUT2D eigenvalue weighted by atomic mass is 16.1. The maximum Gasteiger partial charge on any atom is 0.184 e. The first kappa shape index (κ1) is 13.0. The fourth-order valence-corrected chi connectivity index (χ4v) is 2.09. The van der Waals surface area contributed by atoms with Crippen LogP contribution in [0.5, 0.6) is 0 Å². The predicted octanol–water partition coefficient (Wildman–Crippen LogP) is 3.19. The molecule has 94 valence electrons. The number of Topliss-reactive ketones (excluding diaryl/α,β-unsaturated/α-hetero) is 1. The largest absolute Gasteiger partial charge is 0.292 e. The first-order chi connectivity index (χ1) is 9.13. The lowest BCUT2D eigenvalue weighted by molar-refractivity contribution is 0.0978. The quantitative estimate of drug-likeness (QED) is 0.786. The normalized spacial score (nSPS) is 11.6. The molecule has 0 radical (unpaired) electrons. The van der Waals surface area contributed by atoms with Gasteiger partial charge in [0.05, 0.1) is 6.07 Å². The molecule has 1 atom stereocenters. The Hall–Kier alpha value is -2.47. The topological polar surface area (TPSA) is 53.8 Å². The predicted molar refractivity (Wildman–Crippen MR) is 72.8 cm³/mol. The molecule has 1 aromatic carbocycles. The van der Waals surface area contributed by atoms with E-state index in [-0.39, 0.29) is 5.78 Å². The summed E-state index contributed by atoms with van der Waals surface area (Å²) in [7, 11) is 0. The fourth-order valence-electron chi connectivity index (χ4n) is 2.09. The maximum atomic E-state index is 12.5. The van der Waals surface area contributed by atoms with Gasteiger partial charge in [0, 0.05) is 18.0 Å². The van der Waals surface area contributed by atoms with Crippen molar-refractivity contribution in [3.05, 3.63) is 65.0 Å². The van der Waals surface area contributed by atoms with Crippen molar-refractivity contribution in [2.24, 2.45) is 0 Å². The van der Waals surface area contributed by atoms with Gasteiger partial charge < -0.3 is 0 Å². The Balaban J connectivity index is 2.40. The van der Waals surface area contributed by atoms with E-state index in [2.05, 4.69) is 11.1 Å². The molecule has 3 nitrogen and oxygen atoms in total. The first-order valence-electron chi connectivity index (χ1n) is 6.04. The number of pyridine rings is 1. The van der Waals surface area contributed by atoms with Crippen LogP contribution < -0.4 is 0 Å². The summed E-state index contributed by atoms with van der Waals surface area (Å²) < 4.78 is 0. The Morgan fingerprint density at radius 2 is 1.89 bits per heavy atom. The summed E-state index contributed by atoms with van der Waals surface area (Å²) in [5, 5.41) is 9.27. The third kappa shape index (κ3) is 2.69. The summed E-state index contributed by atoms with van der Waals surface area (Å²) in [5.41, 5.74) is 3.29. The molecule has 0 spiro atoms. The molecule has 1 unspecified atom stereocenters. The van der Waals surface area contributed by atoms with Crippen LogP contribution in [0.25, 0.3) is 0 Å². The van der Waals surface area contributed by atoms with Gasteiger partial charge in [0.25, 0.3) is 0 Å². The number of nitriles is 1. The zero-order valence-electron chi connectivity index (χ0n) is 10.9. The second-order valence-corrected chi connectivity index (χ2v) is 4.53. The van der Waals surface area contributed by atoms with Gasteiger partial charge in [-0.25, -0.2) is 0 Å². The summed E-state index contributed by atoms with van der Waals surface area (Å²) in [6, 6.07) is 11.1. The Labute approximate surface area is 112 Å². The lowest BCUT2D eigenvalue weighted by atomic mass is 9.90. The summed E-state index contributed by atoms with van der Waals surface area (Å²) in [4.78, 5) is 16.4. The van der Waals surface area contributed by atoms with E-state index < -0.39 is 5.92 Å². The van der Waals surface area contributed by atoms with Gasteiger partial charge in [0.15, 0.2) is 5.78 Å². The van der Waals surface area contributed by atoms with Crippen molar-refractivity contribution in [2.45, 2.75) is 19.8 Å². The fraction of sp³-hybridized carbons (Fsp3) is 0.188. The average molecular weight is 250 g/mol. The smallest absolute Gasteiger partial charge is 0.184 e. The number of hydrogen-bond acceptors (Lipinski definition) is 3. The van der Waals surface area contributed by atoms with Crippen LogP contribution in [0.1, 0.15) is 33.0 Å². The van der Waals surface area contributed by atoms with Crippen LogP contribution in [0.2, 0.25) is 0 Å². The molecule has 0 saturated carbocycles. The molecule has 0 aliphatic heterocycles. The monoisotopic (exact) mass is 250 g/mol. The minimum absolute atomic E-state index is 0.161. The average Bonchev–Trinajstić information content (AvgIpc) is 2.40. The van der Waals surface area contributed by atoms with Gasteiger partial charge in [0.2, 0.25) is 0 Å². The van der Waals surface area contributed by atoms with Crippen LogP contribution >= 0.6 is 0 Å². The Bertz CT molecular complexity index is 642. The number of aryl methyl sites for hydroxylation is 2. The molecule has 0 fully saturated rings. The van der Waals surface area contributed by atoms with Crippen LogP contribution in [0.3, 0.4) is 0 Å². The second kappa shape index (κ2) is 5.45. The van der Waals surface area contributed by atoms with Gasteiger partial charge in [-0.3, -0.25) is 9.78 Å². The SMILES string of the molecule is Cc1ccc(C(=O)C(C#N)c2ccncc2)c(C)c1. The number of hydrogen-bond donors (Lipinski definition) is 0. The molecule has 2 rings (SSSR count). The lowest BCUT2D eigenvalue weighted by Crippen LogP contribution is -2.12. The summed E-state index contributed by atoms with van der Waals surface area (Å²) in [6.07, 6.45) is 3.18. The number of aromatic nitrogens is 1. The van der Waals surface area contributed by atoms with Crippen LogP contribution in [0, 0.1) is 25.2 Å². The molecule has 0 bridgehead atoms. The maximum absolute atomic E-state index is 12.5. The molecule has 19 heavy (non-hydrogen) atoms. The number of carbonyl (C=O) groups excluding carboxylic acids is 1. The van der Waals surface area contributed by atoms with E-state index in [1.165, 1.54) is 0 Å². The summed E-state index contributed by atoms with van der Waals surface area (Å²) in [6.45, 7) is 3.87. The van der Waals surface area contributed by atoms with Gasteiger partial charge in [-0.15, -0.1) is 0 Å². The number of ketones is 1. The Kier molecular flexibility index (Phi) is 3.72. The molecule has 1 aromatic heterocycles. The zero-order valence-corrected chi connectivity index (χ0v) is 10.9. The van der Waals surface area contributed by atoms with Gasteiger partial charge in [0.1, 0.15) is 5.92 Å². The molecular formula is C16H14N2O. The standard InChI is InChI=1S/C16H14N2O/c1-11-3-4-14(12(2)9-11)16(19)15(10-17)13-5-7-18-8-6-13/h3-9,15H,1-2H3. The minimum Gasteiger partial charge on any atom is -0.292 e. The third-order valence-corrected chi connectivity index (χ3v) is 3.08. The number of nitrogens with zero attached hydrogens (tertiary/aromatic N) is 2. The minimum atomic E-state index is -0.774. The van der Waals surface area contributed by atoms with E-state index in [1.54, 1.807) is 30.6 Å². The zero-order chi connectivity index (χ0) is 13.8. The highest BCUT2D eigenvalue weighted by molar-refractivity contribution is 6.03. The van der Waals surface area contributed by atoms with Gasteiger partial charge in [-0.1, -0.05) is 23.8 Å². The highest BCUT2D eigenvalue weighted by Gasteiger charge is 2.22. The molecule has 1 heterocycles. The molecule has 0 amide bonds. The molecule has 2 aromatic rings. The van der Waals surface area contributed by atoms with Crippen molar-refractivity contribution in [3.63, 3.8) is 0 Å². The van der Waals surface area contributed by atoms with Crippen molar-refractivity contribution in [2.75, 3.05) is 0 Å². The number of carbonyl (C=O) groups is 1. The molecule has 0 aliphatic rings. The van der Waals surface area contributed by atoms with E-state index in [1.807, 2.05) is 26.0 Å². The van der Waals surface area contributed by atoms with E-state index in [0.29, 0.717) is 11.1 Å². The molecular weight excluding hydrogens is 236 g/mol. The summed E-state index contributed by atoms with van der Waals surface area (Å²) in [5.74, 6) is -0.935. The molecule has 0 saturated heterocycles. The van der Waals surface area contributed by atoms with Crippen LogP contribution in [0.15, 0.2) is 42.7 Å². The molecule has 0 aliphatic carbocycles. The van der Waals surface area contributed by atoms with Crippen LogP contribution in [-0.4, -0.2) is 10.8 Å². The van der Waals surface area contributed by atoms with Gasteiger partial charge >= 0.3 is 0 Å².